The van der Waals surface area contributed by atoms with Crippen molar-refractivity contribution in [1.82, 2.24) is 4.98 Å². The van der Waals surface area contributed by atoms with Crippen LogP contribution in [0.2, 0.25) is 0 Å². The second kappa shape index (κ2) is 7.81. The fraction of sp³-hybridized carbons (Fsp3) is 0.571. The van der Waals surface area contributed by atoms with Gasteiger partial charge >= 0.3 is 17.9 Å². The molecule has 0 atom stereocenters. The van der Waals surface area contributed by atoms with Gasteiger partial charge in [-0.25, -0.2) is 4.79 Å². The quantitative estimate of drug-likeness (QED) is 0.607. The molecular formula is C21H29NO6. The predicted molar refractivity (Wildman–Crippen MR) is 104 cm³/mol. The fourth-order valence-electron chi connectivity index (χ4n) is 3.04. The van der Waals surface area contributed by atoms with Crippen LogP contribution in [0.1, 0.15) is 74.8 Å². The van der Waals surface area contributed by atoms with Crippen molar-refractivity contribution in [3.05, 3.63) is 28.3 Å². The maximum Gasteiger partial charge on any atom is 0.355 e. The van der Waals surface area contributed by atoms with E-state index in [2.05, 4.69) is 4.98 Å². The van der Waals surface area contributed by atoms with Gasteiger partial charge < -0.3 is 19.2 Å². The minimum Gasteiger partial charge on any atom is -0.469 e. The third-order valence-corrected chi connectivity index (χ3v) is 4.58. The monoisotopic (exact) mass is 391 g/mol. The third kappa shape index (κ3) is 5.03. The van der Waals surface area contributed by atoms with E-state index in [0.29, 0.717) is 35.6 Å². The highest BCUT2D eigenvalue weighted by atomic mass is 16.6. The molecule has 0 radical (unpaired) electrons. The van der Waals surface area contributed by atoms with Crippen molar-refractivity contribution in [2.24, 2.45) is 5.41 Å². The van der Waals surface area contributed by atoms with Gasteiger partial charge in [0.2, 0.25) is 0 Å². The third-order valence-electron chi connectivity index (χ3n) is 4.58. The highest BCUT2D eigenvalue weighted by Gasteiger charge is 2.37. The minimum absolute atomic E-state index is 0.140. The van der Waals surface area contributed by atoms with Crippen molar-refractivity contribution >= 4 is 24.0 Å². The van der Waals surface area contributed by atoms with Crippen LogP contribution in [-0.4, -0.2) is 35.6 Å². The summed E-state index contributed by atoms with van der Waals surface area (Å²) < 4.78 is 15.6. The van der Waals surface area contributed by atoms with Crippen molar-refractivity contribution in [2.75, 3.05) is 7.11 Å². The van der Waals surface area contributed by atoms with Gasteiger partial charge in [-0.05, 0) is 45.2 Å². The molecule has 0 aromatic carbocycles. The molecular weight excluding hydrogens is 362 g/mol. The molecule has 1 aromatic rings. The van der Waals surface area contributed by atoms with Gasteiger partial charge in [0.25, 0.3) is 0 Å². The lowest BCUT2D eigenvalue weighted by atomic mass is 9.88. The zero-order chi connectivity index (χ0) is 21.3. The van der Waals surface area contributed by atoms with Gasteiger partial charge in [0.1, 0.15) is 17.1 Å². The van der Waals surface area contributed by atoms with Crippen molar-refractivity contribution in [2.45, 2.75) is 66.4 Å². The molecule has 0 bridgehead atoms. The first-order valence-electron chi connectivity index (χ1n) is 9.28. The van der Waals surface area contributed by atoms with Crippen LogP contribution < -0.4 is 0 Å². The molecule has 7 nitrogen and oxygen atoms in total. The summed E-state index contributed by atoms with van der Waals surface area (Å²) in [4.78, 5) is 39.1. The zero-order valence-electron chi connectivity index (χ0n) is 17.6. The lowest BCUT2D eigenvalue weighted by molar-refractivity contribution is -0.140. The first-order chi connectivity index (χ1) is 12.8. The second-order valence-corrected chi connectivity index (χ2v) is 8.64. The van der Waals surface area contributed by atoms with E-state index in [4.69, 9.17) is 14.2 Å². The minimum atomic E-state index is -0.655. The maximum absolute atomic E-state index is 12.7. The first-order valence-corrected chi connectivity index (χ1v) is 9.28. The zero-order valence-corrected chi connectivity index (χ0v) is 17.6. The first kappa shape index (κ1) is 21.7. The molecule has 1 saturated heterocycles. The molecule has 2 heterocycles. The van der Waals surface area contributed by atoms with E-state index < -0.39 is 17.0 Å². The molecule has 28 heavy (non-hydrogen) atoms. The molecule has 0 saturated carbocycles. The highest BCUT2D eigenvalue weighted by Crippen LogP contribution is 2.39. The van der Waals surface area contributed by atoms with Crippen molar-refractivity contribution in [3.8, 4) is 0 Å². The molecule has 0 spiro atoms. The van der Waals surface area contributed by atoms with Crippen molar-refractivity contribution in [1.29, 1.82) is 0 Å². The van der Waals surface area contributed by atoms with E-state index in [0.717, 1.165) is 5.56 Å². The van der Waals surface area contributed by atoms with Crippen LogP contribution in [0.15, 0.2) is 5.76 Å². The number of carbonyl (C=O) groups is 3. The smallest absolute Gasteiger partial charge is 0.355 e. The molecule has 7 heteroatoms. The number of esters is 3. The Balaban J connectivity index is 2.46. The Hall–Kier alpha value is -2.57. The van der Waals surface area contributed by atoms with E-state index in [-0.39, 0.29) is 18.4 Å². The number of ether oxygens (including phenoxy) is 3. The normalized spacial score (nSPS) is 17.5. The van der Waals surface area contributed by atoms with Gasteiger partial charge in [-0.15, -0.1) is 0 Å². The summed E-state index contributed by atoms with van der Waals surface area (Å²) in [6, 6.07) is 0. The summed E-state index contributed by atoms with van der Waals surface area (Å²) in [5.41, 5.74) is 1.36. The SMILES string of the molecule is COC(=O)CCc1c(C(=O)OC(C)(C)C)[nH]c(/C=C2/OC(=O)CC2(C)C)c1C. The number of aromatic amines is 1. The number of nitrogens with one attached hydrogen (secondary N) is 1. The summed E-state index contributed by atoms with van der Waals surface area (Å²) in [7, 11) is 1.33. The number of methoxy groups -OCH3 is 1. The lowest BCUT2D eigenvalue weighted by Crippen LogP contribution is -2.24. The van der Waals surface area contributed by atoms with Gasteiger partial charge in [-0.3, -0.25) is 9.59 Å². The number of aromatic nitrogens is 1. The summed E-state index contributed by atoms with van der Waals surface area (Å²) in [5, 5.41) is 0. The molecule has 0 unspecified atom stereocenters. The largest absolute Gasteiger partial charge is 0.469 e. The van der Waals surface area contributed by atoms with Crippen molar-refractivity contribution < 1.29 is 28.6 Å². The topological polar surface area (TPSA) is 94.7 Å². The number of carbonyl (C=O) groups excluding carboxylic acids is 3. The van der Waals surface area contributed by atoms with E-state index in [1.165, 1.54) is 7.11 Å². The Morgan fingerprint density at radius 3 is 2.43 bits per heavy atom. The van der Waals surface area contributed by atoms with Crippen LogP contribution in [0, 0.1) is 12.3 Å². The van der Waals surface area contributed by atoms with E-state index in [1.54, 1.807) is 26.8 Å². The summed E-state index contributed by atoms with van der Waals surface area (Å²) in [6.07, 6.45) is 2.51. The number of hydrogen-bond acceptors (Lipinski definition) is 6. The Bertz CT molecular complexity index is 823. The van der Waals surface area contributed by atoms with Gasteiger partial charge in [0, 0.05) is 23.6 Å². The van der Waals surface area contributed by atoms with E-state index >= 15 is 0 Å². The number of cyclic esters (lactones) is 1. The van der Waals surface area contributed by atoms with Gasteiger partial charge in [0.15, 0.2) is 0 Å². The molecule has 1 aliphatic rings. The van der Waals surface area contributed by atoms with Crippen LogP contribution in [0.5, 0.6) is 0 Å². The Kier molecular flexibility index (Phi) is 6.06. The van der Waals surface area contributed by atoms with Crippen LogP contribution in [-0.2, 0) is 30.2 Å². The van der Waals surface area contributed by atoms with E-state index in [9.17, 15) is 14.4 Å². The van der Waals surface area contributed by atoms with Crippen molar-refractivity contribution in [3.63, 3.8) is 0 Å². The summed E-state index contributed by atoms with van der Waals surface area (Å²) in [6.45, 7) is 11.1. The van der Waals surface area contributed by atoms with E-state index in [1.807, 2.05) is 20.8 Å². The molecule has 154 valence electrons. The number of hydrogen-bond donors (Lipinski definition) is 1. The summed E-state index contributed by atoms with van der Waals surface area (Å²) in [5.74, 6) is -0.597. The second-order valence-electron chi connectivity index (χ2n) is 8.64. The fourth-order valence-corrected chi connectivity index (χ4v) is 3.04. The van der Waals surface area contributed by atoms with Gasteiger partial charge in [0.05, 0.1) is 13.5 Å². The Labute approximate surface area is 165 Å². The van der Waals surface area contributed by atoms with Gasteiger partial charge in [-0.2, -0.15) is 0 Å². The average molecular weight is 391 g/mol. The Morgan fingerprint density at radius 2 is 1.93 bits per heavy atom. The molecule has 0 aliphatic carbocycles. The van der Waals surface area contributed by atoms with Crippen LogP contribution in [0.25, 0.3) is 6.08 Å². The molecule has 0 amide bonds. The molecule has 1 aliphatic heterocycles. The summed E-state index contributed by atoms with van der Waals surface area (Å²) >= 11 is 0. The average Bonchev–Trinajstić information content (AvgIpc) is 2.99. The maximum atomic E-state index is 12.7. The predicted octanol–water partition coefficient (Wildman–Crippen LogP) is 3.70. The Morgan fingerprint density at radius 1 is 1.29 bits per heavy atom. The molecule has 1 aromatic heterocycles. The number of rotatable bonds is 5. The van der Waals surface area contributed by atoms with Gasteiger partial charge in [-0.1, -0.05) is 13.8 Å². The molecule has 2 rings (SSSR count). The van der Waals surface area contributed by atoms with Crippen LogP contribution in [0.3, 0.4) is 0 Å². The standard InChI is InChI=1S/C21H29NO6/c1-12-13(8-9-16(23)26-7)18(19(25)28-20(2,3)4)22-14(12)10-15-21(5,6)11-17(24)27-15/h10,22H,8-9,11H2,1-7H3/b15-10+. The van der Waals surface area contributed by atoms with Crippen LogP contribution in [0.4, 0.5) is 0 Å². The molecule has 1 N–H and O–H groups in total. The lowest BCUT2D eigenvalue weighted by Gasteiger charge is -2.19. The number of H-pyrrole nitrogens is 1. The van der Waals surface area contributed by atoms with Crippen LogP contribution >= 0.6 is 0 Å². The number of allylic oxidation sites excluding steroid dienone is 1. The molecule has 1 fully saturated rings. The highest BCUT2D eigenvalue weighted by molar-refractivity contribution is 5.91.